The Kier molecular flexibility index (Phi) is 6.33. The van der Waals surface area contributed by atoms with Gasteiger partial charge in [-0.25, -0.2) is 4.85 Å². The summed E-state index contributed by atoms with van der Waals surface area (Å²) < 4.78 is 27.4. The third-order valence-corrected chi connectivity index (χ3v) is 8.29. The topological polar surface area (TPSA) is 74.1 Å². The molecule has 4 rings (SSSR count). The number of allylic oxidation sites excluding steroid dienone is 4. The highest BCUT2D eigenvalue weighted by Gasteiger charge is 2.34. The Morgan fingerprint density at radius 2 is 1.91 bits per heavy atom. The van der Waals surface area contributed by atoms with E-state index in [9.17, 15) is 13.2 Å². The van der Waals surface area contributed by atoms with Crippen molar-refractivity contribution in [1.82, 2.24) is 8.61 Å². The van der Waals surface area contributed by atoms with E-state index in [0.717, 1.165) is 36.1 Å². The van der Waals surface area contributed by atoms with Crippen LogP contribution in [0.3, 0.4) is 0 Å². The highest BCUT2D eigenvalue weighted by atomic mass is 32.2. The van der Waals surface area contributed by atoms with Gasteiger partial charge in [0, 0.05) is 49.9 Å². The van der Waals surface area contributed by atoms with Crippen molar-refractivity contribution in [1.29, 1.82) is 0 Å². The van der Waals surface area contributed by atoms with Gasteiger partial charge >= 0.3 is 0 Å². The smallest absolute Gasteiger partial charge is 0.281 e. The first-order chi connectivity index (χ1) is 15.3. The largest absolute Gasteiger partial charge is 0.322 e. The van der Waals surface area contributed by atoms with Crippen LogP contribution < -0.4 is 5.32 Å². The number of hydrogen-bond donors (Lipinski definition) is 1. The molecule has 1 aromatic carbocycles. The molecule has 0 spiro atoms. The summed E-state index contributed by atoms with van der Waals surface area (Å²) in [6.45, 7) is 7.97. The number of amides is 1. The molecule has 3 aliphatic rings. The lowest BCUT2D eigenvalue weighted by Gasteiger charge is -2.36. The van der Waals surface area contributed by atoms with Gasteiger partial charge in [0.05, 0.1) is 6.57 Å². The summed E-state index contributed by atoms with van der Waals surface area (Å²) in [6.07, 6.45) is 10.4. The van der Waals surface area contributed by atoms with Crippen molar-refractivity contribution < 1.29 is 13.2 Å². The maximum Gasteiger partial charge on any atom is 0.281 e. The van der Waals surface area contributed by atoms with E-state index in [4.69, 9.17) is 6.57 Å². The van der Waals surface area contributed by atoms with Crippen molar-refractivity contribution in [2.45, 2.75) is 38.0 Å². The fourth-order valence-electron chi connectivity index (χ4n) is 4.54. The fraction of sp³-hybridized carbons (Fsp3) is 0.417. The number of carbonyl (C=O) groups excluding carboxylic acids is 1. The number of anilines is 1. The van der Waals surface area contributed by atoms with Gasteiger partial charge in [0.15, 0.2) is 5.70 Å². The number of rotatable bonds is 4. The molecular weight excluding hydrogens is 424 g/mol. The summed E-state index contributed by atoms with van der Waals surface area (Å²) in [5, 5.41) is 3.05. The Balaban J connectivity index is 1.64. The Morgan fingerprint density at radius 1 is 1.16 bits per heavy atom. The Morgan fingerprint density at radius 3 is 2.53 bits per heavy atom. The van der Waals surface area contributed by atoms with Crippen LogP contribution in [0.25, 0.3) is 10.4 Å². The van der Waals surface area contributed by atoms with Gasteiger partial charge in [-0.2, -0.15) is 17.0 Å². The summed E-state index contributed by atoms with van der Waals surface area (Å²) >= 11 is 0. The van der Waals surface area contributed by atoms with E-state index in [-0.39, 0.29) is 11.8 Å². The molecule has 0 aromatic heterocycles. The predicted octanol–water partition coefficient (Wildman–Crippen LogP) is 3.92. The molecule has 1 amide bonds. The van der Waals surface area contributed by atoms with Crippen LogP contribution in [0.1, 0.15) is 49.1 Å². The van der Waals surface area contributed by atoms with Crippen LogP contribution >= 0.6 is 0 Å². The van der Waals surface area contributed by atoms with E-state index in [0.29, 0.717) is 30.8 Å². The molecule has 32 heavy (non-hydrogen) atoms. The van der Waals surface area contributed by atoms with Crippen LogP contribution in [-0.4, -0.2) is 50.1 Å². The quantitative estimate of drug-likeness (QED) is 0.704. The highest BCUT2D eigenvalue weighted by Crippen LogP contribution is 2.36. The van der Waals surface area contributed by atoms with Crippen LogP contribution in [0.15, 0.2) is 47.7 Å². The van der Waals surface area contributed by atoms with E-state index in [2.05, 4.69) is 22.3 Å². The summed E-state index contributed by atoms with van der Waals surface area (Å²) in [5.41, 5.74) is 5.14. The summed E-state index contributed by atoms with van der Waals surface area (Å²) in [7, 11) is -0.168. The summed E-state index contributed by atoms with van der Waals surface area (Å²) in [5.74, 6) is -0.141. The Hall–Kier alpha value is -2.73. The normalized spacial score (nSPS) is 22.0. The number of nitrogens with zero attached hydrogens (tertiary/aromatic N) is 3. The molecule has 1 heterocycles. The third-order valence-electron chi connectivity index (χ3n) is 6.42. The SMILES string of the molecule is [C-]#[N+]C1=CCC(C(=O)Nc2ccc(C3CN(C)S(=O)(=O)N(C)C3)cc2C2=CCCCC2)=C1. The van der Waals surface area contributed by atoms with Gasteiger partial charge in [0.2, 0.25) is 0 Å². The van der Waals surface area contributed by atoms with Crippen molar-refractivity contribution in [3.63, 3.8) is 0 Å². The van der Waals surface area contributed by atoms with Crippen LogP contribution in [-0.2, 0) is 15.0 Å². The zero-order valence-electron chi connectivity index (χ0n) is 18.5. The van der Waals surface area contributed by atoms with Gasteiger partial charge < -0.3 is 5.32 Å². The minimum atomic E-state index is -3.39. The van der Waals surface area contributed by atoms with Crippen molar-refractivity contribution in [2.75, 3.05) is 32.5 Å². The average molecular weight is 453 g/mol. The molecule has 0 radical (unpaired) electrons. The minimum absolute atomic E-state index is 0.0455. The number of carbonyl (C=O) groups is 1. The molecular formula is C24H28N4O3S. The number of hydrogen-bond acceptors (Lipinski definition) is 3. The molecule has 7 nitrogen and oxygen atoms in total. The molecule has 0 bridgehead atoms. The standard InChI is InChI=1S/C24H28N4O3S/c1-25-21-11-9-19(13-21)24(29)26-23-12-10-18(14-22(23)17-7-5-4-6-8-17)20-15-27(2)32(30,31)28(3)16-20/h7,10-14,20H,4-6,8-9,15-16H2,2-3H3,(H,26,29). The van der Waals surface area contributed by atoms with Crippen LogP contribution in [0.5, 0.6) is 0 Å². The molecule has 1 fully saturated rings. The van der Waals surface area contributed by atoms with Crippen molar-refractivity contribution in [3.05, 3.63) is 70.2 Å². The molecule has 1 N–H and O–H groups in total. The zero-order chi connectivity index (χ0) is 22.9. The lowest BCUT2D eigenvalue weighted by atomic mass is 9.88. The van der Waals surface area contributed by atoms with Gasteiger partial charge in [-0.05, 0) is 61.4 Å². The second-order valence-corrected chi connectivity index (χ2v) is 10.8. The van der Waals surface area contributed by atoms with Gasteiger partial charge in [-0.1, -0.05) is 18.2 Å². The van der Waals surface area contributed by atoms with Gasteiger partial charge in [0.25, 0.3) is 16.1 Å². The van der Waals surface area contributed by atoms with Crippen LogP contribution in [0.2, 0.25) is 0 Å². The van der Waals surface area contributed by atoms with Crippen LogP contribution in [0.4, 0.5) is 5.69 Å². The number of benzene rings is 1. The first-order valence-corrected chi connectivity index (χ1v) is 12.3. The lowest BCUT2D eigenvalue weighted by Crippen LogP contribution is -2.49. The Bertz CT molecular complexity index is 1160. The molecule has 0 atom stereocenters. The molecule has 1 aliphatic heterocycles. The lowest BCUT2D eigenvalue weighted by molar-refractivity contribution is -0.112. The van der Waals surface area contributed by atoms with Crippen molar-refractivity contribution in [2.24, 2.45) is 0 Å². The first-order valence-electron chi connectivity index (χ1n) is 10.9. The molecule has 8 heteroatoms. The summed E-state index contributed by atoms with van der Waals surface area (Å²) in [6, 6.07) is 6.03. The van der Waals surface area contributed by atoms with Gasteiger partial charge in [-0.15, -0.1) is 0 Å². The third kappa shape index (κ3) is 4.42. The molecule has 1 saturated heterocycles. The second-order valence-electron chi connectivity index (χ2n) is 8.61. The van der Waals surface area contributed by atoms with Crippen molar-refractivity contribution in [3.8, 4) is 0 Å². The van der Waals surface area contributed by atoms with E-state index in [1.54, 1.807) is 26.2 Å². The zero-order valence-corrected chi connectivity index (χ0v) is 19.3. The molecule has 0 saturated carbocycles. The highest BCUT2D eigenvalue weighted by molar-refractivity contribution is 7.86. The second kappa shape index (κ2) is 9.02. The monoisotopic (exact) mass is 452 g/mol. The molecule has 2 aliphatic carbocycles. The van der Waals surface area contributed by atoms with E-state index < -0.39 is 10.2 Å². The van der Waals surface area contributed by atoms with E-state index in [1.807, 2.05) is 12.1 Å². The molecule has 1 aromatic rings. The Labute approximate surface area is 190 Å². The first kappa shape index (κ1) is 22.5. The predicted molar refractivity (Wildman–Crippen MR) is 126 cm³/mol. The minimum Gasteiger partial charge on any atom is -0.322 e. The van der Waals surface area contributed by atoms with Gasteiger partial charge in [0.1, 0.15) is 0 Å². The maximum absolute atomic E-state index is 12.8. The van der Waals surface area contributed by atoms with Crippen LogP contribution in [0, 0.1) is 6.57 Å². The van der Waals surface area contributed by atoms with E-state index in [1.165, 1.54) is 20.6 Å². The molecule has 0 unspecified atom stereocenters. The average Bonchev–Trinajstić information content (AvgIpc) is 3.28. The molecule has 168 valence electrons. The van der Waals surface area contributed by atoms with E-state index >= 15 is 0 Å². The maximum atomic E-state index is 12.8. The van der Waals surface area contributed by atoms with Gasteiger partial charge in [-0.3, -0.25) is 4.79 Å². The summed E-state index contributed by atoms with van der Waals surface area (Å²) in [4.78, 5) is 16.2. The number of likely N-dealkylation sites (N-methyl/N-ethyl adjacent to an activating group) is 2. The number of nitrogens with one attached hydrogen (secondary N) is 1. The fourth-order valence-corrected chi connectivity index (χ4v) is 5.75. The van der Waals surface area contributed by atoms with Crippen molar-refractivity contribution >= 4 is 27.4 Å².